The number of nitrogens with zero attached hydrogens (tertiary/aromatic N) is 1. The molecule has 1 aromatic heterocycles. The van der Waals surface area contributed by atoms with Crippen LogP contribution in [0.2, 0.25) is 0 Å². The molecule has 0 aliphatic rings. The standard InChI is InChI=1S/C17H16N2O3S/c1-22-15-11-9-14(10-12-15)19-13-5-8-17(19)18-23(20,21)16-6-3-2-4-7-16/h2-13,18H,1H3. The summed E-state index contributed by atoms with van der Waals surface area (Å²) in [7, 11) is -2.02. The predicted octanol–water partition coefficient (Wildman–Crippen LogP) is 3.29. The fourth-order valence-corrected chi connectivity index (χ4v) is 3.30. The summed E-state index contributed by atoms with van der Waals surface area (Å²) in [6.07, 6.45) is 1.80. The van der Waals surface area contributed by atoms with E-state index in [2.05, 4.69) is 4.72 Å². The lowest BCUT2D eigenvalue weighted by molar-refractivity contribution is 0.415. The van der Waals surface area contributed by atoms with Gasteiger partial charge in [0.25, 0.3) is 10.0 Å². The summed E-state index contributed by atoms with van der Waals surface area (Å²) in [4.78, 5) is 0.225. The van der Waals surface area contributed by atoms with Crippen LogP contribution in [0.3, 0.4) is 0 Å². The smallest absolute Gasteiger partial charge is 0.263 e. The first kappa shape index (κ1) is 15.2. The van der Waals surface area contributed by atoms with Crippen LogP contribution in [0.4, 0.5) is 5.82 Å². The van der Waals surface area contributed by atoms with Gasteiger partial charge in [0.15, 0.2) is 0 Å². The maximum Gasteiger partial charge on any atom is 0.263 e. The van der Waals surface area contributed by atoms with Crippen LogP contribution in [-0.2, 0) is 10.0 Å². The lowest BCUT2D eigenvalue weighted by Gasteiger charge is -2.12. The third-order valence-corrected chi connectivity index (χ3v) is 4.76. The molecule has 5 nitrogen and oxygen atoms in total. The van der Waals surface area contributed by atoms with Crippen molar-refractivity contribution in [2.75, 3.05) is 11.8 Å². The maximum absolute atomic E-state index is 12.4. The van der Waals surface area contributed by atoms with Gasteiger partial charge in [-0.25, -0.2) is 8.42 Å². The van der Waals surface area contributed by atoms with Gasteiger partial charge >= 0.3 is 0 Å². The molecule has 2 aromatic carbocycles. The third kappa shape index (κ3) is 3.22. The Kier molecular flexibility index (Phi) is 4.08. The van der Waals surface area contributed by atoms with E-state index < -0.39 is 10.0 Å². The van der Waals surface area contributed by atoms with E-state index in [1.54, 1.807) is 60.3 Å². The lowest BCUT2D eigenvalue weighted by atomic mass is 10.3. The van der Waals surface area contributed by atoms with Gasteiger partial charge in [0.05, 0.1) is 12.0 Å². The Morgan fingerprint density at radius 1 is 0.913 bits per heavy atom. The number of ether oxygens (including phenoxy) is 1. The van der Waals surface area contributed by atoms with Gasteiger partial charge in [-0.2, -0.15) is 0 Å². The van der Waals surface area contributed by atoms with Crippen molar-refractivity contribution < 1.29 is 13.2 Å². The highest BCUT2D eigenvalue weighted by Crippen LogP contribution is 2.22. The van der Waals surface area contributed by atoms with Crippen LogP contribution in [0.25, 0.3) is 5.69 Å². The van der Waals surface area contributed by atoms with E-state index in [1.165, 1.54) is 0 Å². The lowest BCUT2D eigenvalue weighted by Crippen LogP contribution is -2.15. The topological polar surface area (TPSA) is 60.3 Å². The molecular formula is C17H16N2O3S. The van der Waals surface area contributed by atoms with Crippen LogP contribution in [0, 0.1) is 0 Å². The molecular weight excluding hydrogens is 312 g/mol. The zero-order valence-electron chi connectivity index (χ0n) is 12.5. The highest BCUT2D eigenvalue weighted by molar-refractivity contribution is 7.92. The second-order valence-electron chi connectivity index (χ2n) is 4.88. The average molecular weight is 328 g/mol. The molecule has 0 saturated carbocycles. The molecule has 0 fully saturated rings. The Morgan fingerprint density at radius 2 is 1.61 bits per heavy atom. The second kappa shape index (κ2) is 6.18. The molecule has 3 rings (SSSR count). The quantitative estimate of drug-likeness (QED) is 0.782. The molecule has 1 N–H and O–H groups in total. The van der Waals surface area contributed by atoms with Crippen molar-refractivity contribution in [1.82, 2.24) is 4.57 Å². The Labute approximate surface area is 135 Å². The number of nitrogens with one attached hydrogen (secondary N) is 1. The Morgan fingerprint density at radius 3 is 2.26 bits per heavy atom. The number of rotatable bonds is 5. The number of hydrogen-bond acceptors (Lipinski definition) is 3. The molecule has 0 aliphatic heterocycles. The van der Waals surface area contributed by atoms with Crippen molar-refractivity contribution in [1.29, 1.82) is 0 Å². The van der Waals surface area contributed by atoms with Crippen LogP contribution in [0.1, 0.15) is 0 Å². The van der Waals surface area contributed by atoms with Crippen LogP contribution >= 0.6 is 0 Å². The summed E-state index contributed by atoms with van der Waals surface area (Å²) in [5, 5.41) is 0. The van der Waals surface area contributed by atoms with Gasteiger partial charge in [-0.15, -0.1) is 0 Å². The Bertz CT molecular complexity index is 885. The minimum Gasteiger partial charge on any atom is -0.497 e. The van der Waals surface area contributed by atoms with Gasteiger partial charge in [-0.05, 0) is 48.5 Å². The number of aromatic nitrogens is 1. The largest absolute Gasteiger partial charge is 0.497 e. The van der Waals surface area contributed by atoms with Crippen molar-refractivity contribution in [3.8, 4) is 11.4 Å². The number of hydrogen-bond donors (Lipinski definition) is 1. The highest BCUT2D eigenvalue weighted by atomic mass is 32.2. The number of anilines is 1. The van der Waals surface area contributed by atoms with Gasteiger partial charge in [0, 0.05) is 11.9 Å². The molecule has 1 heterocycles. The fourth-order valence-electron chi connectivity index (χ4n) is 2.23. The minimum absolute atomic E-state index is 0.225. The summed E-state index contributed by atoms with van der Waals surface area (Å²) in [5.74, 6) is 1.21. The van der Waals surface area contributed by atoms with E-state index in [1.807, 2.05) is 24.3 Å². The number of sulfonamides is 1. The Balaban J connectivity index is 1.92. The third-order valence-electron chi connectivity index (χ3n) is 3.39. The monoisotopic (exact) mass is 328 g/mol. The van der Waals surface area contributed by atoms with E-state index in [0.29, 0.717) is 5.82 Å². The highest BCUT2D eigenvalue weighted by Gasteiger charge is 2.15. The SMILES string of the molecule is COc1ccc(-n2cccc2NS(=O)(=O)c2ccccc2)cc1. The van der Waals surface area contributed by atoms with Crippen LogP contribution in [0.5, 0.6) is 5.75 Å². The predicted molar refractivity (Wildman–Crippen MR) is 89.6 cm³/mol. The first-order chi connectivity index (χ1) is 11.1. The molecule has 0 amide bonds. The Hall–Kier alpha value is -2.73. The van der Waals surface area contributed by atoms with Crippen molar-refractivity contribution in [3.63, 3.8) is 0 Å². The van der Waals surface area contributed by atoms with E-state index in [-0.39, 0.29) is 4.90 Å². The van der Waals surface area contributed by atoms with E-state index >= 15 is 0 Å². The molecule has 6 heteroatoms. The fraction of sp³-hybridized carbons (Fsp3) is 0.0588. The second-order valence-corrected chi connectivity index (χ2v) is 6.56. The summed E-state index contributed by atoms with van der Waals surface area (Å²) >= 11 is 0. The van der Waals surface area contributed by atoms with Gasteiger partial charge in [-0.3, -0.25) is 4.72 Å². The molecule has 0 spiro atoms. The molecule has 0 unspecified atom stereocenters. The van der Waals surface area contributed by atoms with Gasteiger partial charge in [0.1, 0.15) is 11.6 Å². The number of methoxy groups -OCH3 is 1. The van der Waals surface area contributed by atoms with E-state index in [0.717, 1.165) is 11.4 Å². The maximum atomic E-state index is 12.4. The summed E-state index contributed by atoms with van der Waals surface area (Å²) in [5.41, 5.74) is 0.835. The van der Waals surface area contributed by atoms with Crippen molar-refractivity contribution in [2.45, 2.75) is 4.90 Å². The summed E-state index contributed by atoms with van der Waals surface area (Å²) in [6.45, 7) is 0. The molecule has 0 bridgehead atoms. The van der Waals surface area contributed by atoms with Gasteiger partial charge < -0.3 is 9.30 Å². The molecule has 118 valence electrons. The number of benzene rings is 2. The molecule has 0 saturated heterocycles. The van der Waals surface area contributed by atoms with Crippen LogP contribution in [-0.4, -0.2) is 20.1 Å². The zero-order valence-corrected chi connectivity index (χ0v) is 13.3. The first-order valence-corrected chi connectivity index (χ1v) is 8.48. The molecule has 0 radical (unpaired) electrons. The van der Waals surface area contributed by atoms with Crippen molar-refractivity contribution >= 4 is 15.8 Å². The molecule has 0 aliphatic carbocycles. The average Bonchev–Trinajstić information content (AvgIpc) is 3.03. The minimum atomic E-state index is -3.62. The van der Waals surface area contributed by atoms with Gasteiger partial charge in [0.2, 0.25) is 0 Å². The van der Waals surface area contributed by atoms with E-state index in [9.17, 15) is 8.42 Å². The molecule has 3 aromatic rings. The summed E-state index contributed by atoms with van der Waals surface area (Å²) < 4.78 is 34.4. The van der Waals surface area contributed by atoms with Crippen LogP contribution < -0.4 is 9.46 Å². The zero-order chi connectivity index (χ0) is 16.3. The van der Waals surface area contributed by atoms with Crippen LogP contribution in [0.15, 0.2) is 77.8 Å². The normalized spacial score (nSPS) is 11.2. The first-order valence-electron chi connectivity index (χ1n) is 7.00. The van der Waals surface area contributed by atoms with Crippen molar-refractivity contribution in [2.24, 2.45) is 0 Å². The van der Waals surface area contributed by atoms with E-state index in [4.69, 9.17) is 4.74 Å². The summed E-state index contributed by atoms with van der Waals surface area (Å²) in [6, 6.07) is 19.1. The van der Waals surface area contributed by atoms with Crippen molar-refractivity contribution in [3.05, 3.63) is 72.9 Å². The molecule has 23 heavy (non-hydrogen) atoms. The molecule has 0 atom stereocenters. The van der Waals surface area contributed by atoms with Gasteiger partial charge in [-0.1, -0.05) is 18.2 Å².